The molecule has 0 saturated carbocycles. The molecule has 1 aromatic heterocycles. The van der Waals surface area contributed by atoms with E-state index in [9.17, 15) is 18.4 Å². The zero-order chi connectivity index (χ0) is 22.4. The summed E-state index contributed by atoms with van der Waals surface area (Å²) < 4.78 is 28.0. The van der Waals surface area contributed by atoms with Gasteiger partial charge in [0.2, 0.25) is 11.8 Å². The number of carbonyl (C=O) groups is 2. The van der Waals surface area contributed by atoms with Crippen molar-refractivity contribution in [3.05, 3.63) is 54.1 Å². The third-order valence-corrected chi connectivity index (χ3v) is 5.62. The number of fused-ring (bicyclic) bond motifs is 1. The van der Waals surface area contributed by atoms with E-state index in [4.69, 9.17) is 0 Å². The zero-order valence-electron chi connectivity index (χ0n) is 17.3. The molecule has 1 heterocycles. The molecule has 31 heavy (non-hydrogen) atoms. The molecule has 1 N–H and O–H groups in total. The molecule has 2 aromatic carbocycles. The number of imidazole rings is 1. The lowest BCUT2D eigenvalue weighted by atomic mass is 10.2. The summed E-state index contributed by atoms with van der Waals surface area (Å²) in [4.78, 5) is 30.9. The minimum Gasteiger partial charge on any atom is -0.333 e. The van der Waals surface area contributed by atoms with E-state index in [0.29, 0.717) is 29.7 Å². The maximum absolute atomic E-state index is 13.6. The molecule has 0 saturated heterocycles. The summed E-state index contributed by atoms with van der Waals surface area (Å²) in [6, 6.07) is 14.0. The number of benzene rings is 2. The third kappa shape index (κ3) is 5.61. The van der Waals surface area contributed by atoms with Gasteiger partial charge in [0.15, 0.2) is 5.16 Å². The van der Waals surface area contributed by atoms with E-state index in [-0.39, 0.29) is 29.3 Å². The molecule has 0 spiro atoms. The van der Waals surface area contributed by atoms with Crippen LogP contribution in [0.25, 0.3) is 11.0 Å². The second-order valence-corrected chi connectivity index (χ2v) is 7.94. The van der Waals surface area contributed by atoms with Gasteiger partial charge in [-0.2, -0.15) is 8.78 Å². The quantitative estimate of drug-likeness (QED) is 0.484. The Kier molecular flexibility index (Phi) is 7.62. The van der Waals surface area contributed by atoms with Gasteiger partial charge in [0.25, 0.3) is 0 Å². The number of amides is 2. The molecule has 0 radical (unpaired) electrons. The van der Waals surface area contributed by atoms with E-state index < -0.39 is 6.55 Å². The van der Waals surface area contributed by atoms with E-state index >= 15 is 0 Å². The number of hydrogen-bond acceptors (Lipinski definition) is 4. The maximum atomic E-state index is 13.6. The van der Waals surface area contributed by atoms with Gasteiger partial charge in [0.1, 0.15) is 0 Å². The average molecular weight is 447 g/mol. The van der Waals surface area contributed by atoms with Crippen LogP contribution in [0.15, 0.2) is 53.7 Å². The van der Waals surface area contributed by atoms with Crippen molar-refractivity contribution in [1.29, 1.82) is 0 Å². The molecule has 0 aliphatic carbocycles. The van der Waals surface area contributed by atoms with Crippen LogP contribution < -0.4 is 5.32 Å². The minimum absolute atomic E-state index is 0.0744. The first-order chi connectivity index (χ1) is 14.9. The van der Waals surface area contributed by atoms with E-state index in [1.54, 1.807) is 30.3 Å². The Morgan fingerprint density at radius 3 is 2.58 bits per heavy atom. The Labute approximate surface area is 183 Å². The van der Waals surface area contributed by atoms with Crippen molar-refractivity contribution < 1.29 is 18.4 Å². The summed E-state index contributed by atoms with van der Waals surface area (Å²) in [7, 11) is 0. The maximum Gasteiger partial charge on any atom is 0.321 e. The van der Waals surface area contributed by atoms with Crippen LogP contribution in [0.5, 0.6) is 0 Å². The Hall–Kier alpha value is -2.94. The van der Waals surface area contributed by atoms with Crippen LogP contribution >= 0.6 is 11.8 Å². The summed E-state index contributed by atoms with van der Waals surface area (Å²) in [5.74, 6) is -0.700. The van der Waals surface area contributed by atoms with Gasteiger partial charge in [-0.05, 0) is 37.1 Å². The first-order valence-electron chi connectivity index (χ1n) is 9.92. The van der Waals surface area contributed by atoms with Crippen molar-refractivity contribution in [2.24, 2.45) is 0 Å². The molecule has 0 bridgehead atoms. The normalized spacial score (nSPS) is 11.1. The van der Waals surface area contributed by atoms with Crippen molar-refractivity contribution in [3.63, 3.8) is 0 Å². The second kappa shape index (κ2) is 10.4. The van der Waals surface area contributed by atoms with Gasteiger partial charge in [0, 0.05) is 12.2 Å². The molecule has 0 aliphatic rings. The van der Waals surface area contributed by atoms with Gasteiger partial charge in [-0.3, -0.25) is 14.2 Å². The second-order valence-electron chi connectivity index (χ2n) is 7.00. The number of para-hydroxylation sites is 3. The van der Waals surface area contributed by atoms with Crippen LogP contribution in [0.2, 0.25) is 0 Å². The molecule has 0 aliphatic heterocycles. The van der Waals surface area contributed by atoms with E-state index in [2.05, 4.69) is 10.3 Å². The van der Waals surface area contributed by atoms with Crippen molar-refractivity contribution in [1.82, 2.24) is 14.5 Å². The van der Waals surface area contributed by atoms with Gasteiger partial charge < -0.3 is 10.2 Å². The average Bonchev–Trinajstić information content (AvgIpc) is 3.12. The molecule has 164 valence electrons. The molecule has 0 unspecified atom stereocenters. The number of rotatable bonds is 9. The number of nitrogens with one attached hydrogen (secondary N) is 1. The SMILES string of the molecule is CCCN(CC(=O)Nc1ccccc1C)C(=O)CSc1nc2ccccc2n1C(F)F. The van der Waals surface area contributed by atoms with Gasteiger partial charge in [0.05, 0.1) is 23.3 Å². The lowest BCUT2D eigenvalue weighted by molar-refractivity contribution is -0.132. The molecular weight excluding hydrogens is 422 g/mol. The first-order valence-corrected chi connectivity index (χ1v) is 10.9. The van der Waals surface area contributed by atoms with E-state index in [1.165, 1.54) is 4.90 Å². The number of aryl methyl sites for hydroxylation is 1. The summed E-state index contributed by atoms with van der Waals surface area (Å²) in [5, 5.41) is 2.89. The van der Waals surface area contributed by atoms with Crippen molar-refractivity contribution in [3.8, 4) is 0 Å². The van der Waals surface area contributed by atoms with Crippen LogP contribution in [0.3, 0.4) is 0 Å². The molecule has 3 rings (SSSR count). The first kappa shape index (κ1) is 22.7. The van der Waals surface area contributed by atoms with Crippen molar-refractivity contribution in [2.75, 3.05) is 24.2 Å². The van der Waals surface area contributed by atoms with Crippen molar-refractivity contribution in [2.45, 2.75) is 32.0 Å². The highest BCUT2D eigenvalue weighted by Gasteiger charge is 2.21. The summed E-state index contributed by atoms with van der Waals surface area (Å²) in [5.41, 5.74) is 2.37. The Bertz CT molecular complexity index is 1070. The molecule has 2 amide bonds. The van der Waals surface area contributed by atoms with Crippen LogP contribution in [-0.2, 0) is 9.59 Å². The van der Waals surface area contributed by atoms with Crippen LogP contribution in [-0.4, -0.2) is 45.1 Å². The number of carbonyl (C=O) groups excluding carboxylic acids is 2. The monoisotopic (exact) mass is 446 g/mol. The van der Waals surface area contributed by atoms with Gasteiger partial charge in [-0.15, -0.1) is 0 Å². The number of aromatic nitrogens is 2. The van der Waals surface area contributed by atoms with Crippen molar-refractivity contribution >= 4 is 40.3 Å². The third-order valence-electron chi connectivity index (χ3n) is 4.68. The smallest absolute Gasteiger partial charge is 0.321 e. The molecule has 9 heteroatoms. The Balaban J connectivity index is 1.67. The highest BCUT2D eigenvalue weighted by molar-refractivity contribution is 7.99. The van der Waals surface area contributed by atoms with E-state index in [0.717, 1.165) is 21.9 Å². The van der Waals surface area contributed by atoms with Crippen LogP contribution in [0.4, 0.5) is 14.5 Å². The highest BCUT2D eigenvalue weighted by atomic mass is 32.2. The van der Waals surface area contributed by atoms with Crippen LogP contribution in [0.1, 0.15) is 25.5 Å². The summed E-state index contributed by atoms with van der Waals surface area (Å²) in [6.45, 7) is 1.31. The molecular formula is C22H24F2N4O2S. The largest absolute Gasteiger partial charge is 0.333 e. The van der Waals surface area contributed by atoms with Gasteiger partial charge >= 0.3 is 6.55 Å². The van der Waals surface area contributed by atoms with E-state index in [1.807, 2.05) is 32.0 Å². The number of anilines is 1. The Morgan fingerprint density at radius 2 is 1.87 bits per heavy atom. The van der Waals surface area contributed by atoms with Gasteiger partial charge in [-0.1, -0.05) is 49.0 Å². The summed E-state index contributed by atoms with van der Waals surface area (Å²) >= 11 is 0.946. The lowest BCUT2D eigenvalue weighted by Crippen LogP contribution is -2.39. The summed E-state index contributed by atoms with van der Waals surface area (Å²) in [6.07, 6.45) is 0.670. The highest BCUT2D eigenvalue weighted by Crippen LogP contribution is 2.29. The zero-order valence-corrected chi connectivity index (χ0v) is 18.2. The van der Waals surface area contributed by atoms with Gasteiger partial charge in [-0.25, -0.2) is 4.98 Å². The fourth-order valence-corrected chi connectivity index (χ4v) is 4.08. The molecule has 3 aromatic rings. The number of hydrogen-bond donors (Lipinski definition) is 1. The number of nitrogens with zero attached hydrogens (tertiary/aromatic N) is 3. The lowest BCUT2D eigenvalue weighted by Gasteiger charge is -2.21. The Morgan fingerprint density at radius 1 is 1.16 bits per heavy atom. The number of thioether (sulfide) groups is 1. The fourth-order valence-electron chi connectivity index (χ4n) is 3.17. The predicted molar refractivity (Wildman–Crippen MR) is 118 cm³/mol. The molecule has 0 fully saturated rings. The standard InChI is InChI=1S/C22H24F2N4O2S/c1-3-12-27(13-19(29)25-16-9-5-4-8-15(16)2)20(30)14-31-22-26-17-10-6-7-11-18(17)28(22)21(23)24/h4-11,21H,3,12-14H2,1-2H3,(H,25,29). The van der Waals surface area contributed by atoms with Crippen LogP contribution in [0, 0.1) is 6.92 Å². The molecule has 6 nitrogen and oxygen atoms in total. The topological polar surface area (TPSA) is 67.2 Å². The molecule has 0 atom stereocenters. The minimum atomic E-state index is -2.77. The number of halogens is 2. The fraction of sp³-hybridized carbons (Fsp3) is 0.318. The predicted octanol–water partition coefficient (Wildman–Crippen LogP) is 4.71. The number of alkyl halides is 2.